The number of amides is 1. The van der Waals surface area contributed by atoms with E-state index in [-0.39, 0.29) is 24.0 Å². The number of hydrogen-bond acceptors (Lipinski definition) is 4. The van der Waals surface area contributed by atoms with Gasteiger partial charge in [-0.25, -0.2) is 18.7 Å². The summed E-state index contributed by atoms with van der Waals surface area (Å²) < 4.78 is 26.9. The highest BCUT2D eigenvalue weighted by atomic mass is 19.1. The van der Waals surface area contributed by atoms with E-state index < -0.39 is 11.7 Å². The Morgan fingerprint density at radius 3 is 2.62 bits per heavy atom. The minimum atomic E-state index is -0.457. The number of anilines is 2. The Hall–Kier alpha value is -3.35. The van der Waals surface area contributed by atoms with Crippen LogP contribution in [0.2, 0.25) is 0 Å². The van der Waals surface area contributed by atoms with Gasteiger partial charge in [-0.15, -0.1) is 0 Å². The minimum Gasteiger partial charge on any atom is -0.347 e. The number of halogens is 2. The van der Waals surface area contributed by atoms with Gasteiger partial charge in [-0.3, -0.25) is 4.79 Å². The topological polar surface area (TPSA) is 66.9 Å². The van der Waals surface area contributed by atoms with Crippen molar-refractivity contribution in [3.8, 4) is 0 Å². The van der Waals surface area contributed by atoms with Gasteiger partial charge in [0.25, 0.3) is 5.91 Å². The monoisotopic (exact) mass is 354 g/mol. The number of benzene rings is 2. The number of nitrogens with zero attached hydrogens (tertiary/aromatic N) is 2. The second-order valence-electron chi connectivity index (χ2n) is 5.63. The predicted molar refractivity (Wildman–Crippen MR) is 94.0 cm³/mol. The second kappa shape index (κ2) is 7.69. The first-order chi connectivity index (χ1) is 12.5. The fraction of sp³-hybridized carbons (Fsp3) is 0.105. The molecule has 0 atom stereocenters. The molecule has 3 rings (SSSR count). The molecule has 26 heavy (non-hydrogen) atoms. The van der Waals surface area contributed by atoms with Gasteiger partial charge in [0.05, 0.1) is 0 Å². The number of rotatable bonds is 5. The van der Waals surface area contributed by atoms with E-state index in [4.69, 9.17) is 0 Å². The van der Waals surface area contributed by atoms with Gasteiger partial charge in [-0.05, 0) is 37.3 Å². The van der Waals surface area contributed by atoms with Crippen LogP contribution in [0.4, 0.5) is 20.4 Å². The molecule has 0 bridgehead atoms. The van der Waals surface area contributed by atoms with E-state index >= 15 is 0 Å². The summed E-state index contributed by atoms with van der Waals surface area (Å²) in [5, 5.41) is 5.49. The quantitative estimate of drug-likeness (QED) is 0.733. The number of hydrogen-bond donors (Lipinski definition) is 2. The summed E-state index contributed by atoms with van der Waals surface area (Å²) in [6.07, 6.45) is 0. The Morgan fingerprint density at radius 1 is 1.04 bits per heavy atom. The van der Waals surface area contributed by atoms with E-state index in [0.29, 0.717) is 16.9 Å². The highest BCUT2D eigenvalue weighted by molar-refractivity contribution is 5.92. The third kappa shape index (κ3) is 4.38. The van der Waals surface area contributed by atoms with E-state index in [9.17, 15) is 13.6 Å². The molecule has 0 unspecified atom stereocenters. The highest BCUT2D eigenvalue weighted by Gasteiger charge is 2.12. The third-order valence-electron chi connectivity index (χ3n) is 3.56. The van der Waals surface area contributed by atoms with Crippen LogP contribution in [0.5, 0.6) is 0 Å². The Labute approximate surface area is 149 Å². The summed E-state index contributed by atoms with van der Waals surface area (Å²) in [7, 11) is 0. The van der Waals surface area contributed by atoms with E-state index in [0.717, 1.165) is 0 Å². The Balaban J connectivity index is 1.74. The van der Waals surface area contributed by atoms with Gasteiger partial charge in [-0.1, -0.05) is 24.3 Å². The smallest absolute Gasteiger partial charge is 0.270 e. The van der Waals surface area contributed by atoms with E-state index in [1.165, 1.54) is 24.3 Å². The van der Waals surface area contributed by atoms with Gasteiger partial charge in [0.15, 0.2) is 0 Å². The highest BCUT2D eigenvalue weighted by Crippen LogP contribution is 2.15. The first kappa shape index (κ1) is 17.5. The molecule has 0 saturated carbocycles. The Bertz CT molecular complexity index is 946. The zero-order chi connectivity index (χ0) is 18.5. The lowest BCUT2D eigenvalue weighted by atomic mass is 10.2. The molecule has 0 aliphatic heterocycles. The molecule has 3 aromatic rings. The molecule has 132 valence electrons. The summed E-state index contributed by atoms with van der Waals surface area (Å²) in [5.74, 6) is -1.07. The van der Waals surface area contributed by atoms with Crippen LogP contribution < -0.4 is 10.6 Å². The summed E-state index contributed by atoms with van der Waals surface area (Å²) in [5.41, 5.74) is 1.54. The summed E-state index contributed by atoms with van der Waals surface area (Å²) >= 11 is 0. The predicted octanol–water partition coefficient (Wildman–Crippen LogP) is 3.74. The van der Waals surface area contributed by atoms with E-state index in [1.54, 1.807) is 37.3 Å². The maximum Gasteiger partial charge on any atom is 0.270 e. The number of aromatic nitrogens is 2. The molecular weight excluding hydrogens is 338 g/mol. The van der Waals surface area contributed by atoms with Crippen molar-refractivity contribution in [3.05, 3.63) is 83.2 Å². The average Bonchev–Trinajstić information content (AvgIpc) is 2.60. The molecule has 2 aromatic carbocycles. The average molecular weight is 354 g/mol. The molecule has 1 heterocycles. The Morgan fingerprint density at radius 2 is 1.85 bits per heavy atom. The molecule has 5 nitrogen and oxygen atoms in total. The van der Waals surface area contributed by atoms with Crippen LogP contribution >= 0.6 is 0 Å². The maximum absolute atomic E-state index is 13.6. The van der Waals surface area contributed by atoms with Crippen molar-refractivity contribution in [1.82, 2.24) is 15.3 Å². The molecular formula is C19H16F2N4O. The van der Waals surface area contributed by atoms with Crippen LogP contribution in [-0.2, 0) is 6.54 Å². The molecule has 0 saturated heterocycles. The first-order valence-corrected chi connectivity index (χ1v) is 7.91. The van der Waals surface area contributed by atoms with Crippen molar-refractivity contribution < 1.29 is 13.6 Å². The van der Waals surface area contributed by atoms with Crippen LogP contribution in [0.25, 0.3) is 0 Å². The standard InChI is InChI=1S/C19H16F2N4O/c1-12-9-17(18(26)22-11-13-5-2-3-8-16(13)21)25-19(23-12)24-15-7-4-6-14(20)10-15/h2-10H,11H2,1H3,(H,22,26)(H,23,24,25). The van der Waals surface area contributed by atoms with Gasteiger partial charge in [0.1, 0.15) is 17.3 Å². The molecule has 0 aliphatic carbocycles. The largest absolute Gasteiger partial charge is 0.347 e. The van der Waals surface area contributed by atoms with Gasteiger partial charge >= 0.3 is 0 Å². The second-order valence-corrected chi connectivity index (χ2v) is 5.63. The minimum absolute atomic E-state index is 0.0429. The van der Waals surface area contributed by atoms with Gasteiger partial charge in [-0.2, -0.15) is 0 Å². The van der Waals surface area contributed by atoms with Crippen LogP contribution in [0.15, 0.2) is 54.6 Å². The first-order valence-electron chi connectivity index (χ1n) is 7.91. The zero-order valence-corrected chi connectivity index (χ0v) is 14.0. The normalized spacial score (nSPS) is 10.4. The van der Waals surface area contributed by atoms with Crippen molar-refractivity contribution in [2.45, 2.75) is 13.5 Å². The molecule has 0 aliphatic rings. The lowest BCUT2D eigenvalue weighted by Gasteiger charge is -2.09. The summed E-state index contributed by atoms with van der Waals surface area (Å²) in [4.78, 5) is 20.7. The van der Waals surface area contributed by atoms with Crippen LogP contribution in [0.1, 0.15) is 21.7 Å². The number of nitrogens with one attached hydrogen (secondary N) is 2. The summed E-state index contributed by atoms with van der Waals surface area (Å²) in [6, 6.07) is 13.6. The number of carbonyl (C=O) groups is 1. The zero-order valence-electron chi connectivity index (χ0n) is 14.0. The van der Waals surface area contributed by atoms with Crippen LogP contribution in [-0.4, -0.2) is 15.9 Å². The van der Waals surface area contributed by atoms with Crippen molar-refractivity contribution in [2.75, 3.05) is 5.32 Å². The van der Waals surface area contributed by atoms with Crippen LogP contribution in [0, 0.1) is 18.6 Å². The maximum atomic E-state index is 13.6. The van der Waals surface area contributed by atoms with Gasteiger partial charge < -0.3 is 10.6 Å². The number of aryl methyl sites for hydroxylation is 1. The Kier molecular flexibility index (Phi) is 5.17. The van der Waals surface area contributed by atoms with Crippen molar-refractivity contribution in [2.24, 2.45) is 0 Å². The molecule has 2 N–H and O–H groups in total. The van der Waals surface area contributed by atoms with Gasteiger partial charge in [0, 0.05) is 23.5 Å². The van der Waals surface area contributed by atoms with Crippen LogP contribution in [0.3, 0.4) is 0 Å². The van der Waals surface area contributed by atoms with Crippen molar-refractivity contribution in [3.63, 3.8) is 0 Å². The fourth-order valence-electron chi connectivity index (χ4n) is 2.34. The molecule has 1 amide bonds. The van der Waals surface area contributed by atoms with E-state index in [2.05, 4.69) is 20.6 Å². The molecule has 0 spiro atoms. The van der Waals surface area contributed by atoms with Gasteiger partial charge in [0.2, 0.25) is 5.95 Å². The SMILES string of the molecule is Cc1cc(C(=O)NCc2ccccc2F)nc(Nc2cccc(F)c2)n1. The molecule has 1 aromatic heterocycles. The molecule has 7 heteroatoms. The third-order valence-corrected chi connectivity index (χ3v) is 3.56. The lowest BCUT2D eigenvalue weighted by Crippen LogP contribution is -2.25. The molecule has 0 radical (unpaired) electrons. The molecule has 0 fully saturated rings. The summed E-state index contributed by atoms with van der Waals surface area (Å²) in [6.45, 7) is 1.76. The lowest BCUT2D eigenvalue weighted by molar-refractivity contribution is 0.0945. The van der Waals surface area contributed by atoms with Crippen molar-refractivity contribution in [1.29, 1.82) is 0 Å². The van der Waals surface area contributed by atoms with E-state index in [1.807, 2.05) is 0 Å². The van der Waals surface area contributed by atoms with Crippen molar-refractivity contribution >= 4 is 17.5 Å². The number of carbonyl (C=O) groups excluding carboxylic acids is 1. The fourth-order valence-corrected chi connectivity index (χ4v) is 2.34.